The third-order valence-corrected chi connectivity index (χ3v) is 5.70. The Bertz CT molecular complexity index is 682. The molecule has 0 aliphatic carbocycles. The number of nitro benzene ring substituents is 1. The van der Waals surface area contributed by atoms with Gasteiger partial charge in [-0.3, -0.25) is 14.3 Å². The quantitative estimate of drug-likeness (QED) is 0.240. The second kappa shape index (κ2) is 10.7. The van der Waals surface area contributed by atoms with E-state index in [9.17, 15) is 18.5 Å². The van der Waals surface area contributed by atoms with Crippen molar-refractivity contribution in [2.24, 2.45) is 0 Å². The van der Waals surface area contributed by atoms with E-state index in [-0.39, 0.29) is 30.1 Å². The molecular formula is C18H27NO7S. The Morgan fingerprint density at radius 1 is 1.07 bits per heavy atom. The highest BCUT2D eigenvalue weighted by Gasteiger charge is 2.28. The van der Waals surface area contributed by atoms with Gasteiger partial charge in [0.2, 0.25) is 0 Å². The van der Waals surface area contributed by atoms with E-state index in [0.717, 1.165) is 43.5 Å². The largest absolute Gasteiger partial charge is 0.350 e. The smallest absolute Gasteiger partial charge is 0.297 e. The molecule has 8 nitrogen and oxygen atoms in total. The Balaban J connectivity index is 1.73. The van der Waals surface area contributed by atoms with Gasteiger partial charge < -0.3 is 9.47 Å². The van der Waals surface area contributed by atoms with Crippen molar-refractivity contribution in [2.45, 2.75) is 69.2 Å². The van der Waals surface area contributed by atoms with E-state index < -0.39 is 21.1 Å². The molecule has 0 N–H and O–H groups in total. The predicted octanol–water partition coefficient (Wildman–Crippen LogP) is 3.79. The zero-order chi connectivity index (χ0) is 19.7. The maximum absolute atomic E-state index is 12.3. The number of rotatable bonds is 11. The molecule has 1 fully saturated rings. The molecule has 0 amide bonds. The second-order valence-corrected chi connectivity index (χ2v) is 8.15. The van der Waals surface area contributed by atoms with E-state index in [1.165, 1.54) is 25.7 Å². The maximum atomic E-state index is 12.3. The number of non-ortho nitro benzene ring substituents is 1. The number of nitro groups is 1. The van der Waals surface area contributed by atoms with Crippen LogP contribution in [0.25, 0.3) is 0 Å². The maximum Gasteiger partial charge on any atom is 0.297 e. The minimum absolute atomic E-state index is 0.132. The van der Waals surface area contributed by atoms with Crippen molar-refractivity contribution >= 4 is 15.8 Å². The zero-order valence-corrected chi connectivity index (χ0v) is 16.4. The fourth-order valence-corrected chi connectivity index (χ4v) is 3.86. The summed E-state index contributed by atoms with van der Waals surface area (Å²) in [6.07, 6.45) is 6.83. The van der Waals surface area contributed by atoms with E-state index in [4.69, 9.17) is 13.7 Å². The fraction of sp³-hybridized carbons (Fsp3) is 0.667. The lowest BCUT2D eigenvalue weighted by Gasteiger charge is -2.29. The summed E-state index contributed by atoms with van der Waals surface area (Å²) in [6.45, 7) is 2.45. The van der Waals surface area contributed by atoms with Crippen LogP contribution in [0.3, 0.4) is 0 Å². The van der Waals surface area contributed by atoms with Gasteiger partial charge in [0.25, 0.3) is 15.8 Å². The molecule has 0 bridgehead atoms. The van der Waals surface area contributed by atoms with E-state index in [0.29, 0.717) is 0 Å². The molecule has 0 saturated carbocycles. The van der Waals surface area contributed by atoms with Gasteiger partial charge >= 0.3 is 0 Å². The minimum atomic E-state index is -4.03. The molecule has 2 rings (SSSR count). The van der Waals surface area contributed by atoms with Gasteiger partial charge in [0, 0.05) is 12.1 Å². The van der Waals surface area contributed by atoms with E-state index >= 15 is 0 Å². The molecular weight excluding hydrogens is 374 g/mol. The summed E-state index contributed by atoms with van der Waals surface area (Å²) < 4.78 is 40.7. The predicted molar refractivity (Wildman–Crippen MR) is 98.8 cm³/mol. The molecule has 0 unspecified atom stereocenters. The van der Waals surface area contributed by atoms with Gasteiger partial charge in [-0.05, 0) is 25.0 Å². The average Bonchev–Trinajstić information content (AvgIpc) is 2.65. The van der Waals surface area contributed by atoms with Crippen LogP contribution in [-0.2, 0) is 23.8 Å². The van der Waals surface area contributed by atoms with Crippen LogP contribution in [0.4, 0.5) is 5.69 Å². The molecule has 0 radical (unpaired) electrons. The molecule has 1 aromatic carbocycles. The highest BCUT2D eigenvalue weighted by molar-refractivity contribution is 7.86. The number of hydrogen-bond acceptors (Lipinski definition) is 7. The van der Waals surface area contributed by atoms with Crippen LogP contribution >= 0.6 is 0 Å². The van der Waals surface area contributed by atoms with Crippen molar-refractivity contribution in [2.75, 3.05) is 13.2 Å². The van der Waals surface area contributed by atoms with Gasteiger partial charge in [-0.2, -0.15) is 8.42 Å². The Kier molecular flexibility index (Phi) is 8.62. The molecule has 9 heteroatoms. The number of ether oxygens (including phenoxy) is 2. The van der Waals surface area contributed by atoms with Crippen LogP contribution in [0.5, 0.6) is 0 Å². The number of nitrogens with zero attached hydrogens (tertiary/aromatic N) is 1. The van der Waals surface area contributed by atoms with Gasteiger partial charge in [0.1, 0.15) is 6.10 Å². The lowest BCUT2D eigenvalue weighted by atomic mass is 10.1. The topological polar surface area (TPSA) is 105 Å². The van der Waals surface area contributed by atoms with Crippen LogP contribution in [0.15, 0.2) is 29.2 Å². The van der Waals surface area contributed by atoms with E-state index in [1.807, 2.05) is 0 Å². The van der Waals surface area contributed by atoms with Crippen LogP contribution in [-0.4, -0.2) is 38.9 Å². The molecule has 0 spiro atoms. The average molecular weight is 401 g/mol. The summed E-state index contributed by atoms with van der Waals surface area (Å²) >= 11 is 0. The number of hydrogen-bond donors (Lipinski definition) is 0. The third kappa shape index (κ3) is 7.17. The summed E-state index contributed by atoms with van der Waals surface area (Å²) in [5, 5.41) is 10.6. The lowest BCUT2D eigenvalue weighted by Crippen LogP contribution is -2.38. The van der Waals surface area contributed by atoms with Crippen molar-refractivity contribution < 1.29 is 27.0 Å². The highest BCUT2D eigenvalue weighted by Crippen LogP contribution is 2.21. The molecule has 0 aromatic heterocycles. The molecule has 1 aliphatic rings. The van der Waals surface area contributed by atoms with Crippen molar-refractivity contribution in [1.29, 1.82) is 0 Å². The number of benzene rings is 1. The van der Waals surface area contributed by atoms with E-state index in [2.05, 4.69) is 6.92 Å². The third-order valence-electron chi connectivity index (χ3n) is 4.33. The summed E-state index contributed by atoms with van der Waals surface area (Å²) in [6, 6.07) is 4.56. The number of unbranched alkanes of at least 4 members (excludes halogenated alkanes) is 5. The Morgan fingerprint density at radius 2 is 1.67 bits per heavy atom. The zero-order valence-electron chi connectivity index (χ0n) is 15.5. The summed E-state index contributed by atoms with van der Waals surface area (Å²) in [5.74, 6) is 0. The summed E-state index contributed by atoms with van der Waals surface area (Å²) in [7, 11) is -4.03. The first-order chi connectivity index (χ1) is 12.9. The minimum Gasteiger partial charge on any atom is -0.350 e. The molecule has 0 atom stereocenters. The fourth-order valence-electron chi connectivity index (χ4n) is 2.81. The Labute approximate surface area is 160 Å². The first-order valence-corrected chi connectivity index (χ1v) is 10.7. The molecule has 27 heavy (non-hydrogen) atoms. The first-order valence-electron chi connectivity index (χ1n) is 9.33. The summed E-state index contributed by atoms with van der Waals surface area (Å²) in [4.78, 5) is 9.91. The van der Waals surface area contributed by atoms with Gasteiger partial charge in [0.15, 0.2) is 6.29 Å². The molecule has 152 valence electrons. The van der Waals surface area contributed by atoms with Crippen LogP contribution in [0, 0.1) is 10.1 Å². The monoisotopic (exact) mass is 401 g/mol. The van der Waals surface area contributed by atoms with Crippen molar-refractivity contribution in [3.05, 3.63) is 34.4 Å². The van der Waals surface area contributed by atoms with Gasteiger partial charge in [0.05, 0.1) is 23.0 Å². The van der Waals surface area contributed by atoms with Crippen LogP contribution < -0.4 is 0 Å². The van der Waals surface area contributed by atoms with Crippen LogP contribution in [0.2, 0.25) is 0 Å². The van der Waals surface area contributed by atoms with Crippen molar-refractivity contribution in [3.8, 4) is 0 Å². The molecule has 1 saturated heterocycles. The highest BCUT2D eigenvalue weighted by atomic mass is 32.2. The van der Waals surface area contributed by atoms with Gasteiger partial charge in [-0.15, -0.1) is 0 Å². The Hall–Kier alpha value is -1.55. The second-order valence-electron chi connectivity index (χ2n) is 6.58. The van der Waals surface area contributed by atoms with Gasteiger partial charge in [-0.25, -0.2) is 0 Å². The lowest BCUT2D eigenvalue weighted by molar-refractivity contribution is -0.384. The van der Waals surface area contributed by atoms with E-state index in [1.54, 1.807) is 0 Å². The molecule has 1 heterocycles. The van der Waals surface area contributed by atoms with Crippen molar-refractivity contribution in [1.82, 2.24) is 0 Å². The molecule has 1 aliphatic heterocycles. The standard InChI is InChI=1S/C18H27NO7S/c1-2-3-4-5-6-7-8-18-24-13-16(14-25-18)26-27(22,23)17-11-9-15(10-12-17)19(20)21/h9-12,16,18H,2-8,13-14H2,1H3. The SMILES string of the molecule is CCCCCCCCC1OCC(OS(=O)(=O)c2ccc([N+](=O)[O-])cc2)CO1. The van der Waals surface area contributed by atoms with Crippen molar-refractivity contribution in [3.63, 3.8) is 0 Å². The summed E-state index contributed by atoms with van der Waals surface area (Å²) in [5.41, 5.74) is -0.184. The first kappa shape index (κ1) is 21.7. The Morgan fingerprint density at radius 3 is 2.26 bits per heavy atom. The van der Waals surface area contributed by atoms with Crippen LogP contribution in [0.1, 0.15) is 51.9 Å². The molecule has 1 aromatic rings. The normalized spacial score (nSPS) is 20.5. The van der Waals surface area contributed by atoms with Gasteiger partial charge in [-0.1, -0.05) is 39.0 Å².